The summed E-state index contributed by atoms with van der Waals surface area (Å²) in [7, 11) is 1.99. The van der Waals surface area contributed by atoms with E-state index in [0.717, 1.165) is 19.6 Å². The van der Waals surface area contributed by atoms with Gasteiger partial charge in [0, 0.05) is 37.4 Å². The number of benzene rings is 2. The second-order valence-corrected chi connectivity index (χ2v) is 6.77. The van der Waals surface area contributed by atoms with E-state index in [2.05, 4.69) is 40.1 Å². The molecule has 2 aromatic rings. The van der Waals surface area contributed by atoms with E-state index in [1.54, 1.807) is 6.07 Å². The van der Waals surface area contributed by atoms with E-state index < -0.39 is 0 Å². The van der Waals surface area contributed by atoms with Gasteiger partial charge in [-0.15, -0.1) is 0 Å². The number of piperidine rings is 1. The number of rotatable bonds is 5. The third kappa shape index (κ3) is 4.37. The molecule has 2 aromatic carbocycles. The zero-order valence-electron chi connectivity index (χ0n) is 14.7. The fourth-order valence-electron chi connectivity index (χ4n) is 3.49. The average molecular weight is 337 g/mol. The van der Waals surface area contributed by atoms with Crippen molar-refractivity contribution >= 4 is 5.69 Å². The number of halogens is 1. The molecule has 0 bridgehead atoms. The molecule has 0 amide bonds. The smallest absolute Gasteiger partial charge is 0.127 e. The summed E-state index contributed by atoms with van der Waals surface area (Å²) in [6.45, 7) is 3.46. The highest BCUT2D eigenvalue weighted by molar-refractivity contribution is 5.54. The van der Waals surface area contributed by atoms with Crippen LogP contribution in [0.15, 0.2) is 42.5 Å². The summed E-state index contributed by atoms with van der Waals surface area (Å²) in [5, 5.41) is 9.01. The molecule has 3 nitrogen and oxygen atoms in total. The van der Waals surface area contributed by atoms with Gasteiger partial charge in [0.25, 0.3) is 0 Å². The van der Waals surface area contributed by atoms with Crippen molar-refractivity contribution in [1.29, 1.82) is 5.26 Å². The van der Waals surface area contributed by atoms with Crippen molar-refractivity contribution in [3.63, 3.8) is 0 Å². The van der Waals surface area contributed by atoms with E-state index in [4.69, 9.17) is 5.26 Å². The summed E-state index contributed by atoms with van der Waals surface area (Å²) < 4.78 is 14.0. The first kappa shape index (κ1) is 17.4. The molecule has 4 heteroatoms. The zero-order valence-corrected chi connectivity index (χ0v) is 14.7. The standard InChI is InChI=1S/C21H24FN3/c1-24(16-19-13-17(14-23)9-10-20(19)22)15-18-7-3-4-8-21(18)25-11-5-2-6-12-25/h3-4,7-10,13H,2,5-6,11-12,15-16H2,1H3. The lowest BCUT2D eigenvalue weighted by molar-refractivity contribution is 0.313. The molecule has 0 unspecified atom stereocenters. The summed E-state index contributed by atoms with van der Waals surface area (Å²) >= 11 is 0. The number of hydrogen-bond donors (Lipinski definition) is 0. The third-order valence-electron chi connectivity index (χ3n) is 4.74. The second kappa shape index (κ2) is 8.13. The topological polar surface area (TPSA) is 30.3 Å². The number of anilines is 1. The lowest BCUT2D eigenvalue weighted by Crippen LogP contribution is -2.31. The molecule has 1 aliphatic rings. The molecule has 1 heterocycles. The van der Waals surface area contributed by atoms with Crippen molar-refractivity contribution in [2.45, 2.75) is 32.4 Å². The van der Waals surface area contributed by atoms with Crippen LogP contribution in [0.2, 0.25) is 0 Å². The zero-order chi connectivity index (χ0) is 17.6. The van der Waals surface area contributed by atoms with E-state index in [1.807, 2.05) is 7.05 Å². The van der Waals surface area contributed by atoms with Crippen LogP contribution in [0.4, 0.5) is 10.1 Å². The molecule has 1 fully saturated rings. The lowest BCUT2D eigenvalue weighted by Gasteiger charge is -2.31. The number of nitriles is 1. The first-order valence-electron chi connectivity index (χ1n) is 8.87. The Balaban J connectivity index is 1.73. The Hall–Kier alpha value is -2.38. The molecule has 0 N–H and O–H groups in total. The highest BCUT2D eigenvalue weighted by atomic mass is 19.1. The summed E-state index contributed by atoms with van der Waals surface area (Å²) in [5.74, 6) is -0.254. The predicted octanol–water partition coefficient (Wildman–Crippen LogP) is 4.32. The Bertz CT molecular complexity index is 760. The van der Waals surface area contributed by atoms with Gasteiger partial charge in [-0.25, -0.2) is 4.39 Å². The maximum Gasteiger partial charge on any atom is 0.127 e. The van der Waals surface area contributed by atoms with Gasteiger partial charge < -0.3 is 4.90 Å². The predicted molar refractivity (Wildman–Crippen MR) is 98.8 cm³/mol. The minimum Gasteiger partial charge on any atom is -0.371 e. The summed E-state index contributed by atoms with van der Waals surface area (Å²) in [6, 6.07) is 15.1. The van der Waals surface area contributed by atoms with Crippen molar-refractivity contribution in [2.75, 3.05) is 25.0 Å². The van der Waals surface area contributed by atoms with E-state index in [-0.39, 0.29) is 5.82 Å². The number of nitrogens with zero attached hydrogens (tertiary/aromatic N) is 3. The Morgan fingerprint density at radius 3 is 2.52 bits per heavy atom. The van der Waals surface area contributed by atoms with E-state index >= 15 is 0 Å². The molecule has 130 valence electrons. The third-order valence-corrected chi connectivity index (χ3v) is 4.74. The van der Waals surface area contributed by atoms with Crippen molar-refractivity contribution in [1.82, 2.24) is 4.90 Å². The number of hydrogen-bond acceptors (Lipinski definition) is 3. The fraction of sp³-hybridized carbons (Fsp3) is 0.381. The second-order valence-electron chi connectivity index (χ2n) is 6.77. The maximum absolute atomic E-state index is 14.0. The summed E-state index contributed by atoms with van der Waals surface area (Å²) in [6.07, 6.45) is 3.81. The minimum absolute atomic E-state index is 0.254. The largest absolute Gasteiger partial charge is 0.371 e. The van der Waals surface area contributed by atoms with Crippen molar-refractivity contribution in [3.8, 4) is 6.07 Å². The van der Waals surface area contributed by atoms with Crippen LogP contribution in [0.25, 0.3) is 0 Å². The fourth-order valence-corrected chi connectivity index (χ4v) is 3.49. The lowest BCUT2D eigenvalue weighted by atomic mass is 10.1. The van der Waals surface area contributed by atoms with Gasteiger partial charge in [-0.3, -0.25) is 4.90 Å². The molecule has 0 atom stereocenters. The minimum atomic E-state index is -0.254. The van der Waals surface area contributed by atoms with Crippen LogP contribution in [-0.4, -0.2) is 25.0 Å². The maximum atomic E-state index is 14.0. The Kier molecular flexibility index (Phi) is 5.67. The molecule has 0 radical (unpaired) electrons. The van der Waals surface area contributed by atoms with Gasteiger partial charge in [-0.2, -0.15) is 5.26 Å². The normalized spacial score (nSPS) is 14.6. The highest BCUT2D eigenvalue weighted by Crippen LogP contribution is 2.25. The van der Waals surface area contributed by atoms with Gasteiger partial charge in [-0.05, 0) is 56.1 Å². The Morgan fingerprint density at radius 2 is 1.76 bits per heavy atom. The number of para-hydroxylation sites is 1. The molecule has 25 heavy (non-hydrogen) atoms. The van der Waals surface area contributed by atoms with Crippen molar-refractivity contribution < 1.29 is 4.39 Å². The van der Waals surface area contributed by atoms with Gasteiger partial charge in [0.2, 0.25) is 0 Å². The first-order valence-corrected chi connectivity index (χ1v) is 8.87. The van der Waals surface area contributed by atoms with Crippen LogP contribution < -0.4 is 4.90 Å². The van der Waals surface area contributed by atoms with Crippen molar-refractivity contribution in [2.24, 2.45) is 0 Å². The van der Waals surface area contributed by atoms with Crippen LogP contribution in [0, 0.1) is 17.1 Å². The van der Waals surface area contributed by atoms with Crippen LogP contribution in [0.1, 0.15) is 36.0 Å². The Labute approximate surface area is 149 Å². The summed E-state index contributed by atoms with van der Waals surface area (Å²) in [4.78, 5) is 4.56. The van der Waals surface area contributed by atoms with Gasteiger partial charge in [0.05, 0.1) is 11.6 Å². The van der Waals surface area contributed by atoms with Crippen LogP contribution >= 0.6 is 0 Å². The van der Waals surface area contributed by atoms with Gasteiger partial charge in [-0.1, -0.05) is 18.2 Å². The van der Waals surface area contributed by atoms with E-state index in [9.17, 15) is 4.39 Å². The molecular formula is C21H24FN3. The van der Waals surface area contributed by atoms with E-state index in [0.29, 0.717) is 17.7 Å². The molecule has 1 saturated heterocycles. The van der Waals surface area contributed by atoms with E-state index in [1.165, 1.54) is 42.6 Å². The first-order chi connectivity index (χ1) is 12.2. The van der Waals surface area contributed by atoms with Crippen LogP contribution in [-0.2, 0) is 13.1 Å². The molecule has 0 spiro atoms. The molecule has 0 saturated carbocycles. The SMILES string of the molecule is CN(Cc1cc(C#N)ccc1F)Cc1ccccc1N1CCCCC1. The molecule has 3 rings (SSSR count). The van der Waals surface area contributed by atoms with Crippen molar-refractivity contribution in [3.05, 3.63) is 65.0 Å². The van der Waals surface area contributed by atoms with Crippen LogP contribution in [0.3, 0.4) is 0 Å². The summed E-state index contributed by atoms with van der Waals surface area (Å²) in [5.41, 5.74) is 3.62. The average Bonchev–Trinajstić information content (AvgIpc) is 2.64. The van der Waals surface area contributed by atoms with Gasteiger partial charge in [0.1, 0.15) is 5.82 Å². The Morgan fingerprint density at radius 1 is 1.04 bits per heavy atom. The van der Waals surface area contributed by atoms with Crippen LogP contribution in [0.5, 0.6) is 0 Å². The highest BCUT2D eigenvalue weighted by Gasteiger charge is 2.15. The monoisotopic (exact) mass is 337 g/mol. The van der Waals surface area contributed by atoms with Gasteiger partial charge in [0.15, 0.2) is 0 Å². The van der Waals surface area contributed by atoms with Gasteiger partial charge >= 0.3 is 0 Å². The molecular weight excluding hydrogens is 313 g/mol. The quantitative estimate of drug-likeness (QED) is 0.814. The molecule has 1 aliphatic heterocycles. The molecule has 0 aromatic heterocycles. The molecule has 0 aliphatic carbocycles.